The molecular formula is C20H23ClN2O5. The Morgan fingerprint density at radius 3 is 2.36 bits per heavy atom. The molecule has 0 saturated heterocycles. The molecule has 0 aliphatic rings. The molecule has 0 saturated carbocycles. The van der Waals surface area contributed by atoms with Crippen molar-refractivity contribution < 1.29 is 23.8 Å². The first kappa shape index (κ1) is 21.8. The van der Waals surface area contributed by atoms with Crippen LogP contribution in [0.3, 0.4) is 0 Å². The number of aryl methyl sites for hydroxylation is 2. The highest BCUT2D eigenvalue weighted by atomic mass is 35.5. The van der Waals surface area contributed by atoms with E-state index < -0.39 is 11.9 Å². The molecule has 0 amide bonds. The number of carbonyl (C=O) groups excluding carboxylic acids is 2. The van der Waals surface area contributed by atoms with Crippen molar-refractivity contribution in [1.82, 2.24) is 4.98 Å². The van der Waals surface area contributed by atoms with E-state index in [2.05, 4.69) is 4.98 Å². The fourth-order valence-electron chi connectivity index (χ4n) is 2.75. The minimum absolute atomic E-state index is 0.0114. The Balaban J connectivity index is 2.53. The number of aromatic nitrogens is 1. The fourth-order valence-corrected chi connectivity index (χ4v) is 2.92. The largest absolute Gasteiger partial charge is 0.462 e. The molecule has 0 radical (unpaired) electrons. The number of rotatable bonds is 8. The highest BCUT2D eigenvalue weighted by Crippen LogP contribution is 2.27. The summed E-state index contributed by atoms with van der Waals surface area (Å²) >= 11 is 6.08. The fraction of sp³-hybridized carbons (Fsp3) is 0.350. The number of para-hydroxylation sites is 1. The second-order valence-electron chi connectivity index (χ2n) is 5.89. The molecule has 28 heavy (non-hydrogen) atoms. The molecule has 8 heteroatoms. The summed E-state index contributed by atoms with van der Waals surface area (Å²) in [5.41, 5.74) is 7.02. The number of esters is 2. The molecule has 0 fully saturated rings. The van der Waals surface area contributed by atoms with E-state index in [0.717, 1.165) is 0 Å². The van der Waals surface area contributed by atoms with Crippen molar-refractivity contribution in [3.05, 3.63) is 57.4 Å². The van der Waals surface area contributed by atoms with Crippen LogP contribution in [0.5, 0.6) is 5.75 Å². The van der Waals surface area contributed by atoms with E-state index in [9.17, 15) is 9.59 Å². The highest BCUT2D eigenvalue weighted by molar-refractivity contribution is 6.32. The SMILES string of the molecule is CCOC(=O)c1c(C)nc(C)c(C(=O)Oc2ccccc2Cl)c1COCCN. The van der Waals surface area contributed by atoms with E-state index in [-0.39, 0.29) is 36.7 Å². The molecule has 0 aliphatic heterocycles. The molecule has 2 rings (SSSR count). The van der Waals surface area contributed by atoms with E-state index in [1.807, 2.05) is 0 Å². The van der Waals surface area contributed by atoms with Gasteiger partial charge >= 0.3 is 11.9 Å². The van der Waals surface area contributed by atoms with Crippen molar-refractivity contribution in [3.63, 3.8) is 0 Å². The average molecular weight is 407 g/mol. The number of pyridine rings is 1. The van der Waals surface area contributed by atoms with E-state index in [4.69, 9.17) is 31.5 Å². The number of hydrogen-bond donors (Lipinski definition) is 1. The van der Waals surface area contributed by atoms with Crippen LogP contribution >= 0.6 is 11.6 Å². The van der Waals surface area contributed by atoms with Gasteiger partial charge in [-0.15, -0.1) is 0 Å². The zero-order valence-electron chi connectivity index (χ0n) is 16.1. The quantitative estimate of drug-likeness (QED) is 0.408. The second kappa shape index (κ2) is 10.2. The van der Waals surface area contributed by atoms with Crippen LogP contribution in [0.25, 0.3) is 0 Å². The highest BCUT2D eigenvalue weighted by Gasteiger charge is 2.27. The molecule has 0 atom stereocenters. The lowest BCUT2D eigenvalue weighted by Gasteiger charge is -2.17. The molecule has 7 nitrogen and oxygen atoms in total. The first-order chi connectivity index (χ1) is 13.4. The standard InChI is InChI=1S/C20H23ClN2O5/c1-4-27-19(24)17-12(2)23-13(3)18(14(17)11-26-10-9-22)20(25)28-16-8-6-5-7-15(16)21/h5-8H,4,9-11,22H2,1-3H3. The minimum atomic E-state index is -0.685. The predicted molar refractivity (Wildman–Crippen MR) is 105 cm³/mol. The van der Waals surface area contributed by atoms with Crippen molar-refractivity contribution in [1.29, 1.82) is 0 Å². The van der Waals surface area contributed by atoms with Crippen molar-refractivity contribution in [2.24, 2.45) is 5.73 Å². The molecule has 1 heterocycles. The van der Waals surface area contributed by atoms with E-state index in [1.165, 1.54) is 0 Å². The van der Waals surface area contributed by atoms with Crippen LogP contribution in [0.1, 0.15) is 44.6 Å². The van der Waals surface area contributed by atoms with Gasteiger partial charge < -0.3 is 19.9 Å². The zero-order valence-corrected chi connectivity index (χ0v) is 16.8. The number of carbonyl (C=O) groups is 2. The summed E-state index contributed by atoms with van der Waals surface area (Å²) in [7, 11) is 0. The van der Waals surface area contributed by atoms with Gasteiger partial charge in [0.15, 0.2) is 0 Å². The number of hydrogen-bond acceptors (Lipinski definition) is 7. The Bertz CT molecular complexity index is 870. The van der Waals surface area contributed by atoms with Gasteiger partial charge in [0.05, 0.1) is 47.4 Å². The summed E-state index contributed by atoms with van der Waals surface area (Å²) < 4.78 is 16.1. The third-order valence-electron chi connectivity index (χ3n) is 3.89. The van der Waals surface area contributed by atoms with Crippen molar-refractivity contribution in [2.45, 2.75) is 27.4 Å². The number of ether oxygens (including phenoxy) is 3. The lowest BCUT2D eigenvalue weighted by atomic mass is 9.99. The topological polar surface area (TPSA) is 101 Å². The zero-order chi connectivity index (χ0) is 20.7. The Hall–Kier alpha value is -2.48. The lowest BCUT2D eigenvalue weighted by Crippen LogP contribution is -2.22. The first-order valence-electron chi connectivity index (χ1n) is 8.82. The summed E-state index contributed by atoms with van der Waals surface area (Å²) in [5, 5.41) is 0.292. The molecule has 1 aromatic carbocycles. The molecule has 150 valence electrons. The van der Waals surface area contributed by atoms with Gasteiger partial charge in [0, 0.05) is 12.1 Å². The maximum Gasteiger partial charge on any atom is 0.345 e. The van der Waals surface area contributed by atoms with Crippen LogP contribution in [-0.2, 0) is 16.1 Å². The molecule has 2 N–H and O–H groups in total. The molecule has 0 aliphatic carbocycles. The van der Waals surface area contributed by atoms with Gasteiger partial charge in [-0.05, 0) is 32.9 Å². The van der Waals surface area contributed by atoms with E-state index >= 15 is 0 Å². The number of halogens is 1. The molecule has 0 spiro atoms. The molecule has 0 unspecified atom stereocenters. The molecule has 1 aromatic heterocycles. The average Bonchev–Trinajstić information content (AvgIpc) is 2.63. The Labute approximate surface area is 168 Å². The lowest BCUT2D eigenvalue weighted by molar-refractivity contribution is 0.0517. The third-order valence-corrected chi connectivity index (χ3v) is 4.21. The monoisotopic (exact) mass is 406 g/mol. The van der Waals surface area contributed by atoms with Crippen LogP contribution in [0.2, 0.25) is 5.02 Å². The minimum Gasteiger partial charge on any atom is -0.462 e. The Kier molecular flexibility index (Phi) is 7.92. The number of benzene rings is 1. The van der Waals surface area contributed by atoms with Crippen molar-refractivity contribution >= 4 is 23.5 Å². The Morgan fingerprint density at radius 2 is 1.75 bits per heavy atom. The maximum absolute atomic E-state index is 12.9. The van der Waals surface area contributed by atoms with E-state index in [1.54, 1.807) is 45.0 Å². The number of nitrogens with zero attached hydrogens (tertiary/aromatic N) is 1. The summed E-state index contributed by atoms with van der Waals surface area (Å²) in [6.07, 6.45) is 0. The van der Waals surface area contributed by atoms with Gasteiger partial charge in [0.1, 0.15) is 5.75 Å². The van der Waals surface area contributed by atoms with Crippen LogP contribution < -0.4 is 10.5 Å². The van der Waals surface area contributed by atoms with Gasteiger partial charge in [-0.1, -0.05) is 23.7 Å². The van der Waals surface area contributed by atoms with Gasteiger partial charge in [-0.2, -0.15) is 0 Å². The van der Waals surface area contributed by atoms with Gasteiger partial charge in [0.25, 0.3) is 0 Å². The maximum atomic E-state index is 12.9. The summed E-state index contributed by atoms with van der Waals surface area (Å²) in [6, 6.07) is 6.61. The Morgan fingerprint density at radius 1 is 1.11 bits per heavy atom. The second-order valence-corrected chi connectivity index (χ2v) is 6.30. The van der Waals surface area contributed by atoms with Gasteiger partial charge in [0.2, 0.25) is 0 Å². The molecule has 2 aromatic rings. The first-order valence-corrected chi connectivity index (χ1v) is 9.20. The normalized spacial score (nSPS) is 10.6. The van der Waals surface area contributed by atoms with Crippen molar-refractivity contribution in [2.75, 3.05) is 19.8 Å². The smallest absolute Gasteiger partial charge is 0.345 e. The van der Waals surface area contributed by atoms with E-state index in [0.29, 0.717) is 28.5 Å². The summed E-state index contributed by atoms with van der Waals surface area (Å²) in [4.78, 5) is 29.8. The van der Waals surface area contributed by atoms with Crippen LogP contribution in [0, 0.1) is 13.8 Å². The molecular weight excluding hydrogens is 384 g/mol. The predicted octanol–water partition coefficient (Wildman–Crippen LogP) is 3.22. The third kappa shape index (κ3) is 5.07. The summed E-state index contributed by atoms with van der Waals surface area (Å²) in [5.74, 6) is -1.05. The number of nitrogens with two attached hydrogens (primary N) is 1. The summed E-state index contributed by atoms with van der Waals surface area (Å²) in [6.45, 7) is 5.79. The van der Waals surface area contributed by atoms with Crippen molar-refractivity contribution in [3.8, 4) is 5.75 Å². The van der Waals surface area contributed by atoms with Gasteiger partial charge in [-0.3, -0.25) is 4.98 Å². The van der Waals surface area contributed by atoms with Gasteiger partial charge in [-0.25, -0.2) is 9.59 Å². The van der Waals surface area contributed by atoms with Crippen LogP contribution in [-0.4, -0.2) is 36.7 Å². The van der Waals surface area contributed by atoms with Crippen LogP contribution in [0.15, 0.2) is 24.3 Å². The molecule has 0 bridgehead atoms. The van der Waals surface area contributed by atoms with Crippen LogP contribution in [0.4, 0.5) is 0 Å².